The molecule has 1 amide bonds. The molecule has 2 heterocycles. The Morgan fingerprint density at radius 3 is 3.12 bits per heavy atom. The predicted octanol–water partition coefficient (Wildman–Crippen LogP) is 0.681. The van der Waals surface area contributed by atoms with Gasteiger partial charge in [-0.15, -0.1) is 0 Å². The summed E-state index contributed by atoms with van der Waals surface area (Å²) in [5, 5.41) is 0. The summed E-state index contributed by atoms with van der Waals surface area (Å²) in [6.07, 6.45) is 1.45. The van der Waals surface area contributed by atoms with Gasteiger partial charge in [-0.1, -0.05) is 12.1 Å². The zero-order chi connectivity index (χ0) is 11.8. The highest BCUT2D eigenvalue weighted by atomic mass is 16.5. The number of hydrogen-bond donors (Lipinski definition) is 1. The van der Waals surface area contributed by atoms with Crippen LogP contribution < -0.4 is 10.5 Å². The summed E-state index contributed by atoms with van der Waals surface area (Å²) in [5.41, 5.74) is 8.19. The van der Waals surface area contributed by atoms with Crippen LogP contribution in [-0.4, -0.2) is 30.0 Å². The third kappa shape index (κ3) is 2.00. The molecule has 0 radical (unpaired) electrons. The monoisotopic (exact) mass is 232 g/mol. The zero-order valence-electron chi connectivity index (χ0n) is 9.69. The van der Waals surface area contributed by atoms with Gasteiger partial charge in [0.2, 0.25) is 5.91 Å². The topological polar surface area (TPSA) is 55.6 Å². The number of carbonyl (C=O) groups excluding carboxylic acids is 1. The van der Waals surface area contributed by atoms with Gasteiger partial charge in [0.25, 0.3) is 0 Å². The van der Waals surface area contributed by atoms with Crippen molar-refractivity contribution in [2.75, 3.05) is 13.2 Å². The average Bonchev–Trinajstić information content (AvgIpc) is 2.85. The van der Waals surface area contributed by atoms with Crippen LogP contribution in [-0.2, 0) is 17.8 Å². The van der Waals surface area contributed by atoms with Crippen LogP contribution in [0.1, 0.15) is 17.5 Å². The predicted molar refractivity (Wildman–Crippen MR) is 63.7 cm³/mol. The number of rotatable bonds is 2. The molecular formula is C13H16N2O2. The highest BCUT2D eigenvalue weighted by Gasteiger charge is 2.26. The van der Waals surface area contributed by atoms with E-state index >= 15 is 0 Å². The molecule has 1 fully saturated rings. The third-order valence-corrected chi connectivity index (χ3v) is 3.37. The van der Waals surface area contributed by atoms with Crippen LogP contribution in [0, 0.1) is 0 Å². The number of ether oxygens (including phenoxy) is 1. The van der Waals surface area contributed by atoms with Gasteiger partial charge >= 0.3 is 0 Å². The van der Waals surface area contributed by atoms with E-state index in [4.69, 9.17) is 10.5 Å². The quantitative estimate of drug-likeness (QED) is 0.816. The van der Waals surface area contributed by atoms with E-state index in [-0.39, 0.29) is 11.9 Å². The van der Waals surface area contributed by atoms with Crippen LogP contribution in [0.5, 0.6) is 5.75 Å². The third-order valence-electron chi connectivity index (χ3n) is 3.37. The smallest absolute Gasteiger partial charge is 0.224 e. The first kappa shape index (κ1) is 10.6. The maximum Gasteiger partial charge on any atom is 0.224 e. The molecular weight excluding hydrogens is 216 g/mol. The molecule has 1 aromatic rings. The molecule has 0 spiro atoms. The normalized spacial score (nSPS) is 22.8. The fraction of sp³-hybridized carbons (Fsp3) is 0.462. The second kappa shape index (κ2) is 4.04. The minimum atomic E-state index is 0.000241. The van der Waals surface area contributed by atoms with E-state index in [2.05, 4.69) is 6.07 Å². The minimum Gasteiger partial charge on any atom is -0.493 e. The van der Waals surface area contributed by atoms with Crippen LogP contribution in [0.2, 0.25) is 0 Å². The lowest BCUT2D eigenvalue weighted by Gasteiger charge is -2.16. The largest absolute Gasteiger partial charge is 0.493 e. The first-order valence-electron chi connectivity index (χ1n) is 6.00. The molecule has 2 aliphatic heterocycles. The zero-order valence-corrected chi connectivity index (χ0v) is 9.69. The molecule has 4 heteroatoms. The Bertz CT molecular complexity index is 459. The van der Waals surface area contributed by atoms with Crippen LogP contribution in [0.15, 0.2) is 18.2 Å². The number of hydrogen-bond acceptors (Lipinski definition) is 3. The van der Waals surface area contributed by atoms with Gasteiger partial charge in [-0.3, -0.25) is 4.79 Å². The molecule has 1 unspecified atom stereocenters. The maximum absolute atomic E-state index is 11.6. The second-order valence-electron chi connectivity index (χ2n) is 4.78. The van der Waals surface area contributed by atoms with E-state index in [9.17, 15) is 4.79 Å². The van der Waals surface area contributed by atoms with Crippen molar-refractivity contribution in [1.29, 1.82) is 0 Å². The highest BCUT2D eigenvalue weighted by Crippen LogP contribution is 2.26. The molecule has 2 N–H and O–H groups in total. The molecule has 0 bridgehead atoms. The Morgan fingerprint density at radius 2 is 2.35 bits per heavy atom. The van der Waals surface area contributed by atoms with Gasteiger partial charge in [0, 0.05) is 32.0 Å². The highest BCUT2D eigenvalue weighted by molar-refractivity contribution is 5.79. The minimum absolute atomic E-state index is 0.000241. The van der Waals surface area contributed by atoms with E-state index in [1.165, 1.54) is 5.56 Å². The standard InChI is InChI=1S/C13H16N2O2/c14-11-6-13(16)15(8-11)7-9-1-2-12-10(5-9)3-4-17-12/h1-2,5,11H,3-4,6-8,14H2. The summed E-state index contributed by atoms with van der Waals surface area (Å²) in [4.78, 5) is 13.5. The molecule has 2 aliphatic rings. The van der Waals surface area contributed by atoms with Gasteiger partial charge in [-0.25, -0.2) is 0 Å². The molecule has 0 aromatic heterocycles. The SMILES string of the molecule is NC1CC(=O)N(Cc2ccc3c(c2)CCO3)C1. The van der Waals surface area contributed by atoms with Gasteiger partial charge in [0.05, 0.1) is 6.61 Å². The number of benzene rings is 1. The van der Waals surface area contributed by atoms with Gasteiger partial charge in [0.15, 0.2) is 0 Å². The van der Waals surface area contributed by atoms with Crippen molar-refractivity contribution in [2.24, 2.45) is 5.73 Å². The van der Waals surface area contributed by atoms with Crippen molar-refractivity contribution in [1.82, 2.24) is 4.90 Å². The lowest BCUT2D eigenvalue weighted by molar-refractivity contribution is -0.128. The Balaban J connectivity index is 1.75. The van der Waals surface area contributed by atoms with Crippen molar-refractivity contribution < 1.29 is 9.53 Å². The first-order chi connectivity index (χ1) is 8.22. The van der Waals surface area contributed by atoms with E-state index in [0.29, 0.717) is 19.5 Å². The van der Waals surface area contributed by atoms with Gasteiger partial charge in [-0.05, 0) is 17.2 Å². The van der Waals surface area contributed by atoms with Crippen LogP contribution >= 0.6 is 0 Å². The lowest BCUT2D eigenvalue weighted by atomic mass is 10.1. The van der Waals surface area contributed by atoms with Crippen molar-refractivity contribution >= 4 is 5.91 Å². The number of amides is 1. The summed E-state index contributed by atoms with van der Waals surface area (Å²) >= 11 is 0. The number of carbonyl (C=O) groups is 1. The van der Waals surface area contributed by atoms with E-state index in [1.807, 2.05) is 17.0 Å². The van der Waals surface area contributed by atoms with Crippen molar-refractivity contribution in [3.8, 4) is 5.75 Å². The molecule has 1 aromatic carbocycles. The Hall–Kier alpha value is -1.55. The van der Waals surface area contributed by atoms with Gasteiger partial charge in [0.1, 0.15) is 5.75 Å². The molecule has 1 atom stereocenters. The second-order valence-corrected chi connectivity index (χ2v) is 4.78. The van der Waals surface area contributed by atoms with Crippen molar-refractivity contribution in [3.63, 3.8) is 0 Å². The average molecular weight is 232 g/mol. The van der Waals surface area contributed by atoms with Gasteiger partial charge in [-0.2, -0.15) is 0 Å². The molecule has 3 rings (SSSR count). The number of nitrogens with zero attached hydrogens (tertiary/aromatic N) is 1. The maximum atomic E-state index is 11.6. The number of nitrogens with two attached hydrogens (primary N) is 1. The molecule has 90 valence electrons. The molecule has 0 saturated carbocycles. The fourth-order valence-electron chi connectivity index (χ4n) is 2.51. The number of fused-ring (bicyclic) bond motifs is 1. The molecule has 0 aliphatic carbocycles. The van der Waals surface area contributed by atoms with Gasteiger partial charge < -0.3 is 15.4 Å². The Kier molecular flexibility index (Phi) is 2.52. The van der Waals surface area contributed by atoms with Crippen molar-refractivity contribution in [2.45, 2.75) is 25.4 Å². The molecule has 17 heavy (non-hydrogen) atoms. The summed E-state index contributed by atoms with van der Waals surface area (Å²) in [5.74, 6) is 1.15. The number of likely N-dealkylation sites (tertiary alicyclic amines) is 1. The Labute approximate surface area is 100 Å². The van der Waals surface area contributed by atoms with E-state index < -0.39 is 0 Å². The summed E-state index contributed by atoms with van der Waals surface area (Å²) in [7, 11) is 0. The summed E-state index contributed by atoms with van der Waals surface area (Å²) < 4.78 is 5.46. The van der Waals surface area contributed by atoms with E-state index in [1.54, 1.807) is 0 Å². The first-order valence-corrected chi connectivity index (χ1v) is 6.00. The molecule has 4 nitrogen and oxygen atoms in total. The fourth-order valence-corrected chi connectivity index (χ4v) is 2.51. The Morgan fingerprint density at radius 1 is 1.47 bits per heavy atom. The van der Waals surface area contributed by atoms with E-state index in [0.717, 1.165) is 24.3 Å². The lowest BCUT2D eigenvalue weighted by Crippen LogP contribution is -2.27. The van der Waals surface area contributed by atoms with Crippen LogP contribution in [0.4, 0.5) is 0 Å². The van der Waals surface area contributed by atoms with Crippen LogP contribution in [0.3, 0.4) is 0 Å². The van der Waals surface area contributed by atoms with Crippen LogP contribution in [0.25, 0.3) is 0 Å². The summed E-state index contributed by atoms with van der Waals surface area (Å²) in [6, 6.07) is 6.17. The van der Waals surface area contributed by atoms with Crippen molar-refractivity contribution in [3.05, 3.63) is 29.3 Å². The summed E-state index contributed by atoms with van der Waals surface area (Å²) in [6.45, 7) is 2.11. The molecule has 1 saturated heterocycles.